The van der Waals surface area contributed by atoms with Gasteiger partial charge in [0.1, 0.15) is 17.9 Å². The highest BCUT2D eigenvalue weighted by Crippen LogP contribution is 2.25. The van der Waals surface area contributed by atoms with Crippen LogP contribution in [-0.2, 0) is 4.79 Å². The van der Waals surface area contributed by atoms with E-state index in [0.717, 1.165) is 7.05 Å². The van der Waals surface area contributed by atoms with E-state index in [9.17, 15) is 22.4 Å². The first-order chi connectivity index (χ1) is 10.7. The van der Waals surface area contributed by atoms with E-state index in [1.54, 1.807) is 19.1 Å². The van der Waals surface area contributed by atoms with Gasteiger partial charge in [-0.25, -0.2) is 9.37 Å². The van der Waals surface area contributed by atoms with Crippen molar-refractivity contribution in [3.05, 3.63) is 35.8 Å². The summed E-state index contributed by atoms with van der Waals surface area (Å²) in [5, 5.41) is 3.22. The van der Waals surface area contributed by atoms with Gasteiger partial charge in [-0.2, -0.15) is 13.2 Å². The Morgan fingerprint density at radius 2 is 2.04 bits per heavy atom. The molecule has 0 saturated heterocycles. The van der Waals surface area contributed by atoms with E-state index in [4.69, 9.17) is 0 Å². The van der Waals surface area contributed by atoms with Gasteiger partial charge in [0.2, 0.25) is 5.91 Å². The predicted molar refractivity (Wildman–Crippen MR) is 78.6 cm³/mol. The zero-order valence-corrected chi connectivity index (χ0v) is 12.5. The second kappa shape index (κ2) is 6.39. The summed E-state index contributed by atoms with van der Waals surface area (Å²) >= 11 is 0. The SMILES string of the molecule is Cc1cc(NCC(=O)N(C)CC(F)(F)F)c2cccc(F)c2n1. The minimum atomic E-state index is -4.45. The van der Waals surface area contributed by atoms with Crippen molar-refractivity contribution in [2.75, 3.05) is 25.5 Å². The molecule has 1 amide bonds. The molecule has 4 nitrogen and oxygen atoms in total. The van der Waals surface area contributed by atoms with Crippen molar-refractivity contribution in [3.8, 4) is 0 Å². The molecular formula is C15H15F4N3O. The van der Waals surface area contributed by atoms with Crippen LogP contribution in [0.2, 0.25) is 0 Å². The summed E-state index contributed by atoms with van der Waals surface area (Å²) in [6.07, 6.45) is -4.45. The normalized spacial score (nSPS) is 11.6. The molecule has 2 aromatic rings. The number of carbonyl (C=O) groups excluding carboxylic acids is 1. The number of fused-ring (bicyclic) bond motifs is 1. The molecule has 1 heterocycles. The first kappa shape index (κ1) is 17.0. The molecule has 1 N–H and O–H groups in total. The lowest BCUT2D eigenvalue weighted by molar-refractivity contribution is -0.157. The van der Waals surface area contributed by atoms with Crippen LogP contribution in [0.15, 0.2) is 24.3 Å². The number of aryl methyl sites for hydroxylation is 1. The third-order valence-corrected chi connectivity index (χ3v) is 3.19. The summed E-state index contributed by atoms with van der Waals surface area (Å²) < 4.78 is 50.6. The van der Waals surface area contributed by atoms with Gasteiger partial charge in [-0.1, -0.05) is 12.1 Å². The second-order valence-electron chi connectivity index (χ2n) is 5.17. The number of hydrogen-bond donors (Lipinski definition) is 1. The summed E-state index contributed by atoms with van der Waals surface area (Å²) in [5.41, 5.74) is 1.12. The molecule has 2 rings (SSSR count). The van der Waals surface area contributed by atoms with E-state index in [1.165, 1.54) is 12.1 Å². The van der Waals surface area contributed by atoms with Crippen LogP contribution in [0.4, 0.5) is 23.2 Å². The number of halogens is 4. The van der Waals surface area contributed by atoms with Gasteiger partial charge in [0.25, 0.3) is 0 Å². The fraction of sp³-hybridized carbons (Fsp3) is 0.333. The van der Waals surface area contributed by atoms with E-state index in [2.05, 4.69) is 10.3 Å². The second-order valence-corrected chi connectivity index (χ2v) is 5.17. The summed E-state index contributed by atoms with van der Waals surface area (Å²) in [4.78, 5) is 16.4. The fourth-order valence-electron chi connectivity index (χ4n) is 2.15. The van der Waals surface area contributed by atoms with E-state index in [-0.39, 0.29) is 12.1 Å². The quantitative estimate of drug-likeness (QED) is 0.877. The number of benzene rings is 1. The van der Waals surface area contributed by atoms with Gasteiger partial charge in [0.15, 0.2) is 0 Å². The molecule has 0 spiro atoms. The Morgan fingerprint density at radius 1 is 1.35 bits per heavy atom. The van der Waals surface area contributed by atoms with Gasteiger partial charge in [0.05, 0.1) is 6.54 Å². The van der Waals surface area contributed by atoms with Gasteiger partial charge >= 0.3 is 6.18 Å². The largest absolute Gasteiger partial charge is 0.406 e. The Balaban J connectivity index is 2.16. The van der Waals surface area contributed by atoms with E-state index in [0.29, 0.717) is 21.7 Å². The van der Waals surface area contributed by atoms with Crippen molar-refractivity contribution in [1.82, 2.24) is 9.88 Å². The summed E-state index contributed by atoms with van der Waals surface area (Å²) in [7, 11) is 1.08. The topological polar surface area (TPSA) is 45.2 Å². The highest BCUT2D eigenvalue weighted by Gasteiger charge is 2.31. The molecule has 23 heavy (non-hydrogen) atoms. The molecule has 0 saturated carbocycles. The van der Waals surface area contributed by atoms with Crippen LogP contribution in [0.3, 0.4) is 0 Å². The molecule has 0 aliphatic heterocycles. The molecule has 0 aliphatic rings. The molecule has 8 heteroatoms. The molecule has 0 aliphatic carbocycles. The molecule has 1 aromatic carbocycles. The number of aromatic nitrogens is 1. The maximum atomic E-state index is 13.8. The van der Waals surface area contributed by atoms with Crippen molar-refractivity contribution in [2.45, 2.75) is 13.1 Å². The van der Waals surface area contributed by atoms with Crippen molar-refractivity contribution >= 4 is 22.5 Å². The van der Waals surface area contributed by atoms with Crippen LogP contribution >= 0.6 is 0 Å². The van der Waals surface area contributed by atoms with Crippen LogP contribution in [0.25, 0.3) is 10.9 Å². The third-order valence-electron chi connectivity index (χ3n) is 3.19. The Kier molecular flexibility index (Phi) is 4.72. The lowest BCUT2D eigenvalue weighted by Crippen LogP contribution is -2.38. The molecule has 0 unspecified atom stereocenters. The average molecular weight is 329 g/mol. The number of para-hydroxylation sites is 1. The van der Waals surface area contributed by atoms with Crippen LogP contribution in [0, 0.1) is 12.7 Å². The van der Waals surface area contributed by atoms with Gasteiger partial charge in [0, 0.05) is 23.8 Å². The van der Waals surface area contributed by atoms with Crippen molar-refractivity contribution in [2.24, 2.45) is 0 Å². The number of alkyl halides is 3. The van der Waals surface area contributed by atoms with Crippen LogP contribution < -0.4 is 5.32 Å². The number of rotatable bonds is 4. The lowest BCUT2D eigenvalue weighted by atomic mass is 10.1. The minimum Gasteiger partial charge on any atom is -0.376 e. The van der Waals surface area contributed by atoms with E-state index in [1.807, 2.05) is 0 Å². The van der Waals surface area contributed by atoms with Crippen molar-refractivity contribution in [3.63, 3.8) is 0 Å². The summed E-state index contributed by atoms with van der Waals surface area (Å²) in [5.74, 6) is -1.23. The van der Waals surface area contributed by atoms with Gasteiger partial charge in [-0.05, 0) is 19.1 Å². The molecule has 0 fully saturated rings. The molecule has 0 radical (unpaired) electrons. The highest BCUT2D eigenvalue weighted by atomic mass is 19.4. The highest BCUT2D eigenvalue weighted by molar-refractivity contribution is 5.93. The number of pyridine rings is 1. The Labute approximate surface area is 130 Å². The predicted octanol–water partition coefficient (Wildman–Crippen LogP) is 3.11. The molecular weight excluding hydrogens is 314 g/mol. The smallest absolute Gasteiger partial charge is 0.376 e. The Bertz CT molecular complexity index is 730. The zero-order valence-electron chi connectivity index (χ0n) is 12.5. The minimum absolute atomic E-state index is 0.145. The van der Waals surface area contributed by atoms with E-state index >= 15 is 0 Å². The molecule has 1 aromatic heterocycles. The number of anilines is 1. The van der Waals surface area contributed by atoms with Gasteiger partial charge < -0.3 is 10.2 Å². The molecule has 0 atom stereocenters. The van der Waals surface area contributed by atoms with Crippen LogP contribution in [0.5, 0.6) is 0 Å². The number of hydrogen-bond acceptors (Lipinski definition) is 3. The number of likely N-dealkylation sites (N-methyl/N-ethyl adjacent to an activating group) is 1. The van der Waals surface area contributed by atoms with Gasteiger partial charge in [-0.3, -0.25) is 4.79 Å². The summed E-state index contributed by atoms with van der Waals surface area (Å²) in [6.45, 7) is 0.00850. The van der Waals surface area contributed by atoms with Crippen LogP contribution in [0.1, 0.15) is 5.69 Å². The number of nitrogens with zero attached hydrogens (tertiary/aromatic N) is 2. The maximum Gasteiger partial charge on any atom is 0.406 e. The first-order valence-corrected chi connectivity index (χ1v) is 6.78. The molecule has 0 bridgehead atoms. The van der Waals surface area contributed by atoms with E-state index < -0.39 is 24.4 Å². The maximum absolute atomic E-state index is 13.8. The molecule has 124 valence electrons. The Hall–Kier alpha value is -2.38. The fourth-order valence-corrected chi connectivity index (χ4v) is 2.15. The van der Waals surface area contributed by atoms with Gasteiger partial charge in [-0.15, -0.1) is 0 Å². The lowest BCUT2D eigenvalue weighted by Gasteiger charge is -2.19. The first-order valence-electron chi connectivity index (χ1n) is 6.78. The van der Waals surface area contributed by atoms with Crippen molar-refractivity contribution < 1.29 is 22.4 Å². The van der Waals surface area contributed by atoms with Crippen molar-refractivity contribution in [1.29, 1.82) is 0 Å². The standard InChI is InChI=1S/C15H15F4N3O/c1-9-6-12(10-4-3-5-11(16)14(10)21-9)20-7-13(23)22(2)8-15(17,18)19/h3-6H,7-8H2,1-2H3,(H,20,21). The van der Waals surface area contributed by atoms with Crippen LogP contribution in [-0.4, -0.2) is 42.1 Å². The summed E-state index contributed by atoms with van der Waals surface area (Å²) in [6, 6.07) is 5.99. The zero-order chi connectivity index (χ0) is 17.2. The number of amides is 1. The average Bonchev–Trinajstić information content (AvgIpc) is 2.43. The number of nitrogens with one attached hydrogen (secondary N) is 1. The Morgan fingerprint density at radius 3 is 2.70 bits per heavy atom. The monoisotopic (exact) mass is 329 g/mol. The third kappa shape index (κ3) is 4.30. The number of carbonyl (C=O) groups is 1.